The zero-order valence-electron chi connectivity index (χ0n) is 31.0. The van der Waals surface area contributed by atoms with Gasteiger partial charge in [0.25, 0.3) is 16.1 Å². The van der Waals surface area contributed by atoms with Crippen LogP contribution in [0.1, 0.15) is 61.5 Å². The van der Waals surface area contributed by atoms with Crippen molar-refractivity contribution in [3.05, 3.63) is 122 Å². The highest BCUT2D eigenvalue weighted by Gasteiger charge is 2.31. The molecule has 17 heteroatoms. The van der Waals surface area contributed by atoms with Crippen LogP contribution in [0.5, 0.6) is 0 Å². The van der Waals surface area contributed by atoms with E-state index in [1.54, 1.807) is 24.3 Å². The lowest BCUT2D eigenvalue weighted by atomic mass is 9.94. The highest BCUT2D eigenvalue weighted by atomic mass is 19.1. The number of hydrogen-bond donors (Lipinski definition) is 3. The number of nitrogens with one attached hydrogen (secondary N) is 1. The van der Waals surface area contributed by atoms with E-state index in [1.807, 2.05) is 66.9 Å². The van der Waals surface area contributed by atoms with Gasteiger partial charge in [-0.1, -0.05) is 62.4 Å². The zero-order valence-corrected chi connectivity index (χ0v) is 31.0. The van der Waals surface area contributed by atoms with Crippen molar-refractivity contribution in [1.82, 2.24) is 4.57 Å². The van der Waals surface area contributed by atoms with Gasteiger partial charge in [-0.15, -0.1) is 20.2 Å². The van der Waals surface area contributed by atoms with Gasteiger partial charge in [0.15, 0.2) is 6.10 Å². The van der Waals surface area contributed by atoms with E-state index in [4.69, 9.17) is 9.47 Å². The number of esters is 1. The summed E-state index contributed by atoms with van der Waals surface area (Å²) in [4.78, 5) is 56.5. The fourth-order valence-corrected chi connectivity index (χ4v) is 6.18. The maximum absolute atomic E-state index is 14.2. The Labute approximate surface area is 322 Å². The van der Waals surface area contributed by atoms with Crippen molar-refractivity contribution in [3.63, 3.8) is 0 Å². The number of rotatable bonds is 23. The molecule has 300 valence electrons. The lowest BCUT2D eigenvalue weighted by Gasteiger charge is -2.20. The minimum absolute atomic E-state index is 0.0429. The molecule has 0 unspecified atom stereocenters. The van der Waals surface area contributed by atoms with E-state index in [-0.39, 0.29) is 57.5 Å². The first-order valence-electron chi connectivity index (χ1n) is 18.0. The van der Waals surface area contributed by atoms with Gasteiger partial charge in [0.05, 0.1) is 43.1 Å². The Morgan fingerprint density at radius 3 is 2.14 bits per heavy atom. The van der Waals surface area contributed by atoms with E-state index in [0.717, 1.165) is 5.56 Å². The Morgan fingerprint density at radius 1 is 0.857 bits per heavy atom. The van der Waals surface area contributed by atoms with E-state index < -0.39 is 53.3 Å². The second-order valence-corrected chi connectivity index (χ2v) is 13.1. The molecule has 4 rings (SSSR count). The second kappa shape index (κ2) is 21.3. The molecule has 1 heterocycles. The van der Waals surface area contributed by atoms with Crippen molar-refractivity contribution in [2.24, 2.45) is 0 Å². The third-order valence-corrected chi connectivity index (χ3v) is 8.52. The summed E-state index contributed by atoms with van der Waals surface area (Å²) >= 11 is 0. The van der Waals surface area contributed by atoms with Gasteiger partial charge in [0.1, 0.15) is 12.4 Å². The largest absolute Gasteiger partial charge is 0.463 e. The van der Waals surface area contributed by atoms with E-state index in [0.29, 0.717) is 33.8 Å². The van der Waals surface area contributed by atoms with Crippen molar-refractivity contribution in [1.29, 1.82) is 0 Å². The Hall–Kier alpha value is -5.91. The third kappa shape index (κ3) is 12.9. The molecule has 0 aliphatic rings. The smallest absolute Gasteiger partial charge is 0.308 e. The summed E-state index contributed by atoms with van der Waals surface area (Å²) in [5.41, 5.74) is 4.33. The number of halogens is 1. The van der Waals surface area contributed by atoms with Crippen LogP contribution in [0.15, 0.2) is 84.9 Å². The number of nitrogens with zero attached hydrogens (tertiary/aromatic N) is 3. The Morgan fingerprint density at radius 2 is 1.52 bits per heavy atom. The highest BCUT2D eigenvalue weighted by Crippen LogP contribution is 2.42. The summed E-state index contributed by atoms with van der Waals surface area (Å²) in [5.74, 6) is -1.89. The van der Waals surface area contributed by atoms with Crippen LogP contribution in [0, 0.1) is 26.0 Å². The van der Waals surface area contributed by atoms with Gasteiger partial charge < -0.3 is 39.2 Å². The summed E-state index contributed by atoms with van der Waals surface area (Å²) in [7, 11) is 0. The minimum Gasteiger partial charge on any atom is -0.463 e. The number of ether oxygens (including phenoxy) is 2. The first-order chi connectivity index (χ1) is 26.8. The average Bonchev–Trinajstić information content (AvgIpc) is 3.50. The molecule has 0 spiro atoms. The maximum atomic E-state index is 14.2. The number of aromatic nitrogens is 1. The topological polar surface area (TPSA) is 215 Å². The van der Waals surface area contributed by atoms with Gasteiger partial charge in [-0.25, -0.2) is 4.39 Å². The van der Waals surface area contributed by atoms with Crippen LogP contribution < -0.4 is 5.32 Å². The molecule has 0 saturated carbocycles. The third-order valence-electron chi connectivity index (χ3n) is 8.52. The number of carbonyl (C=O) groups is 2. The molecule has 0 fully saturated rings. The first kappa shape index (κ1) is 42.8. The van der Waals surface area contributed by atoms with Crippen LogP contribution in [-0.4, -0.2) is 81.6 Å². The van der Waals surface area contributed by atoms with Gasteiger partial charge in [0.2, 0.25) is 0 Å². The van der Waals surface area contributed by atoms with E-state index >= 15 is 0 Å². The van der Waals surface area contributed by atoms with Crippen molar-refractivity contribution < 1.29 is 53.5 Å². The molecule has 3 aromatic carbocycles. The van der Waals surface area contributed by atoms with Crippen LogP contribution >= 0.6 is 0 Å². The van der Waals surface area contributed by atoms with Crippen molar-refractivity contribution in [2.75, 3.05) is 31.7 Å². The summed E-state index contributed by atoms with van der Waals surface area (Å²) in [5, 5.41) is 43.9. The van der Waals surface area contributed by atoms with Gasteiger partial charge in [-0.3, -0.25) is 9.59 Å². The molecule has 56 heavy (non-hydrogen) atoms. The number of para-hydroxylation sites is 1. The Bertz CT molecular complexity index is 1890. The lowest BCUT2D eigenvalue weighted by Crippen LogP contribution is -2.31. The number of benzene rings is 3. The molecule has 3 N–H and O–H groups in total. The SMILES string of the molecule is CC(C)c1c(C(=O)Nc2ccccc2)c(-c2ccccc2)c(-c2ccc(F)cc2)n1CC[C@@H](O)C[C@@H](O)CC(=O)OC[C@H](COCCCO[N+](=O)[O-])O[N+](=O)[O-]. The standard InChI is InChI=1S/C39H45FN4O12/c1-26(2)37-36(39(48)41-30-12-7-4-8-13-30)35(27-10-5-3-6-11-27)38(28-14-16-29(40)17-15-28)42(37)19-18-31(45)22-32(46)23-34(47)54-25-33(56-44(51)52)24-53-20-9-21-55-43(49)50/h3-8,10-17,26,31-33,45-46H,9,18-25H2,1-2H3,(H,41,48)/t31-,32-,33+/m1/s1. The predicted octanol–water partition coefficient (Wildman–Crippen LogP) is 5.96. The van der Waals surface area contributed by atoms with Crippen LogP contribution in [0.2, 0.25) is 0 Å². The van der Waals surface area contributed by atoms with Crippen molar-refractivity contribution in [3.8, 4) is 22.4 Å². The van der Waals surface area contributed by atoms with E-state index in [2.05, 4.69) is 15.0 Å². The van der Waals surface area contributed by atoms with E-state index in [1.165, 1.54) is 12.1 Å². The van der Waals surface area contributed by atoms with Crippen LogP contribution in [0.25, 0.3) is 22.4 Å². The molecule has 1 aromatic heterocycles. The summed E-state index contributed by atoms with van der Waals surface area (Å²) in [6.45, 7) is 2.83. The Kier molecular flexibility index (Phi) is 16.3. The molecule has 0 aliphatic heterocycles. The monoisotopic (exact) mass is 780 g/mol. The Balaban J connectivity index is 1.51. The molecule has 3 atom stereocenters. The molecule has 4 aromatic rings. The number of aliphatic hydroxyl groups is 2. The molecule has 1 amide bonds. The second-order valence-electron chi connectivity index (χ2n) is 13.1. The molecule has 0 aliphatic carbocycles. The highest BCUT2D eigenvalue weighted by molar-refractivity contribution is 6.12. The first-order valence-corrected chi connectivity index (χ1v) is 18.0. The number of hydrogen-bond acceptors (Lipinski definition) is 12. The van der Waals surface area contributed by atoms with Crippen molar-refractivity contribution >= 4 is 17.6 Å². The van der Waals surface area contributed by atoms with Gasteiger partial charge >= 0.3 is 5.97 Å². The van der Waals surface area contributed by atoms with Gasteiger partial charge in [-0.05, 0) is 72.7 Å². The molecule has 0 bridgehead atoms. The fourth-order valence-electron chi connectivity index (χ4n) is 6.18. The summed E-state index contributed by atoms with van der Waals surface area (Å²) in [6.07, 6.45) is -4.33. The summed E-state index contributed by atoms with van der Waals surface area (Å²) < 4.78 is 26.4. The number of anilines is 1. The number of aliphatic hydroxyl groups excluding tert-OH is 2. The maximum Gasteiger partial charge on any atom is 0.308 e. The molecule has 0 radical (unpaired) electrons. The summed E-state index contributed by atoms with van der Waals surface area (Å²) in [6, 6.07) is 24.3. The molecular formula is C39H45FN4O12. The molecule has 16 nitrogen and oxygen atoms in total. The van der Waals surface area contributed by atoms with Crippen LogP contribution in [0.3, 0.4) is 0 Å². The van der Waals surface area contributed by atoms with Crippen LogP contribution in [0.4, 0.5) is 10.1 Å². The average molecular weight is 781 g/mol. The fraction of sp³-hybridized carbons (Fsp3) is 0.385. The lowest BCUT2D eigenvalue weighted by molar-refractivity contribution is -0.769. The number of amides is 1. The normalized spacial score (nSPS) is 12.8. The van der Waals surface area contributed by atoms with Crippen molar-refractivity contribution in [2.45, 2.75) is 70.3 Å². The molecular weight excluding hydrogens is 735 g/mol. The molecule has 0 saturated heterocycles. The van der Waals surface area contributed by atoms with E-state index in [9.17, 15) is 44.4 Å². The quantitative estimate of drug-likeness (QED) is 0.0344. The van der Waals surface area contributed by atoms with Crippen LogP contribution in [-0.2, 0) is 30.5 Å². The zero-order chi connectivity index (χ0) is 40.6. The number of carbonyl (C=O) groups excluding carboxylic acids is 2. The van der Waals surface area contributed by atoms with Gasteiger partial charge in [-0.2, -0.15) is 0 Å². The van der Waals surface area contributed by atoms with Gasteiger partial charge in [0, 0.05) is 30.1 Å². The predicted molar refractivity (Wildman–Crippen MR) is 201 cm³/mol. The minimum atomic E-state index is -1.34.